The van der Waals surface area contributed by atoms with E-state index in [4.69, 9.17) is 21.5 Å². The molecule has 4 atom stereocenters. The molecule has 3 aromatic carbocycles. The molecule has 0 fully saturated rings. The maximum Gasteiger partial charge on any atom is 0.326 e. The first-order valence-electron chi connectivity index (χ1n) is 16.5. The standard InChI is InChI=1S/C34H39ClN6O10S2/c1-3-51-34(46)25(37-19(2)32(43)41-18-22-7-5-4-6-21(22)14-27(41)33(44)45)13-10-20-8-11-23(12-9-20)38-31(42)17-30-39-26-15-24(35)28(52(36,47)48)16-29(26)53(49,50)40-30/h4-9,11-12,15-16,19,25,27,30,37,39-40H,3,10,13-14,17-18H2,1-2H3,(H,38,42)(H,44,45)(H2,36,47,48)/t19?,25-,27-,30-/m0/s1. The molecule has 2 aliphatic heterocycles. The molecule has 0 radical (unpaired) electrons. The van der Waals surface area contributed by atoms with Gasteiger partial charge in [0.25, 0.3) is 0 Å². The molecule has 3 aromatic rings. The van der Waals surface area contributed by atoms with Gasteiger partial charge in [-0.1, -0.05) is 48.0 Å². The Morgan fingerprint density at radius 2 is 1.77 bits per heavy atom. The number of aryl methyl sites for hydroxylation is 1. The Balaban J connectivity index is 1.18. The number of ether oxygens (including phenoxy) is 1. The number of carboxylic acids is 1. The first kappa shape index (κ1) is 39.6. The monoisotopic (exact) mass is 790 g/mol. The fourth-order valence-electron chi connectivity index (χ4n) is 6.22. The van der Waals surface area contributed by atoms with Crippen LogP contribution in [0.25, 0.3) is 0 Å². The van der Waals surface area contributed by atoms with Crippen LogP contribution >= 0.6 is 11.6 Å². The van der Waals surface area contributed by atoms with Gasteiger partial charge >= 0.3 is 11.9 Å². The van der Waals surface area contributed by atoms with E-state index >= 15 is 0 Å². The molecule has 7 N–H and O–H groups in total. The van der Waals surface area contributed by atoms with Crippen molar-refractivity contribution < 1.29 is 45.9 Å². The lowest BCUT2D eigenvalue weighted by molar-refractivity contribution is -0.153. The number of sulfonamides is 2. The average Bonchev–Trinajstić information content (AvgIpc) is 3.08. The Kier molecular flexibility index (Phi) is 12.1. The molecule has 2 aliphatic rings. The SMILES string of the molecule is CCOC(=O)[C@H](CCc1ccc(NC(=O)C[C@H]2Nc3cc(Cl)c(S(N)(=O)=O)cc3S(=O)(=O)N2)cc1)NC(C)C(=O)N1Cc2ccccc2C[C@H]1C(=O)O. The molecular formula is C34H39ClN6O10S2. The van der Waals surface area contributed by atoms with Crippen molar-refractivity contribution in [2.24, 2.45) is 5.14 Å². The molecule has 1 unspecified atom stereocenters. The minimum absolute atomic E-state index is 0.000555. The number of rotatable bonds is 13. The molecule has 53 heavy (non-hydrogen) atoms. The van der Waals surface area contributed by atoms with E-state index in [2.05, 4.69) is 20.7 Å². The van der Waals surface area contributed by atoms with Gasteiger partial charge in [0, 0.05) is 18.7 Å². The van der Waals surface area contributed by atoms with Crippen molar-refractivity contribution in [2.75, 3.05) is 17.2 Å². The number of nitrogens with zero attached hydrogens (tertiary/aromatic N) is 1. The number of hydrogen-bond acceptors (Lipinski definition) is 11. The highest BCUT2D eigenvalue weighted by molar-refractivity contribution is 7.90. The lowest BCUT2D eigenvalue weighted by Crippen LogP contribution is -2.56. The topological polar surface area (TPSA) is 243 Å². The zero-order valence-electron chi connectivity index (χ0n) is 28.7. The Hall–Kier alpha value is -4.59. The van der Waals surface area contributed by atoms with E-state index in [1.807, 2.05) is 24.3 Å². The van der Waals surface area contributed by atoms with Crippen LogP contribution in [0, 0.1) is 0 Å². The molecule has 0 aliphatic carbocycles. The van der Waals surface area contributed by atoms with Crippen molar-refractivity contribution in [3.05, 3.63) is 82.4 Å². The van der Waals surface area contributed by atoms with Gasteiger partial charge in [-0.15, -0.1) is 0 Å². The number of carbonyl (C=O) groups is 4. The van der Waals surface area contributed by atoms with Gasteiger partial charge in [-0.3, -0.25) is 19.7 Å². The van der Waals surface area contributed by atoms with Gasteiger partial charge in [-0.2, -0.15) is 4.72 Å². The molecule has 2 amide bonds. The molecular weight excluding hydrogens is 752 g/mol. The minimum Gasteiger partial charge on any atom is -0.480 e. The maximum atomic E-state index is 13.6. The number of primary sulfonamides is 1. The van der Waals surface area contributed by atoms with Crippen molar-refractivity contribution in [2.45, 2.75) is 80.2 Å². The van der Waals surface area contributed by atoms with Crippen LogP contribution in [-0.2, 0) is 63.3 Å². The Labute approximate surface area is 311 Å². The van der Waals surface area contributed by atoms with Gasteiger partial charge in [-0.05, 0) is 67.6 Å². The molecule has 0 aromatic heterocycles. The van der Waals surface area contributed by atoms with Crippen LogP contribution in [0.2, 0.25) is 5.02 Å². The summed E-state index contributed by atoms with van der Waals surface area (Å²) in [5, 5.41) is 23.3. The molecule has 0 bridgehead atoms. The Bertz CT molecular complexity index is 2130. The predicted octanol–water partition coefficient (Wildman–Crippen LogP) is 1.93. The smallest absolute Gasteiger partial charge is 0.326 e. The van der Waals surface area contributed by atoms with E-state index in [-0.39, 0.29) is 48.0 Å². The normalized spacial score (nSPS) is 18.8. The van der Waals surface area contributed by atoms with Crippen molar-refractivity contribution in [1.82, 2.24) is 14.9 Å². The first-order chi connectivity index (χ1) is 25.0. The van der Waals surface area contributed by atoms with Crippen LogP contribution in [0.4, 0.5) is 11.4 Å². The largest absolute Gasteiger partial charge is 0.480 e. The lowest BCUT2D eigenvalue weighted by Gasteiger charge is -2.36. The zero-order chi connectivity index (χ0) is 38.7. The van der Waals surface area contributed by atoms with Gasteiger partial charge in [0.05, 0.1) is 35.9 Å². The molecule has 5 rings (SSSR count). The second-order valence-electron chi connectivity index (χ2n) is 12.6. The van der Waals surface area contributed by atoms with Crippen LogP contribution in [0.5, 0.6) is 0 Å². The lowest BCUT2D eigenvalue weighted by atomic mass is 9.93. The summed E-state index contributed by atoms with van der Waals surface area (Å²) in [7, 11) is -8.52. The zero-order valence-corrected chi connectivity index (χ0v) is 31.1. The van der Waals surface area contributed by atoms with E-state index < -0.39 is 73.0 Å². The van der Waals surface area contributed by atoms with Crippen LogP contribution in [0.3, 0.4) is 0 Å². The highest BCUT2D eigenvalue weighted by Gasteiger charge is 2.37. The third kappa shape index (κ3) is 9.51. The summed E-state index contributed by atoms with van der Waals surface area (Å²) >= 11 is 6.02. The number of halogens is 1. The minimum atomic E-state index is -4.30. The molecule has 16 nitrogen and oxygen atoms in total. The third-order valence-corrected chi connectivity index (χ3v) is 11.7. The van der Waals surface area contributed by atoms with Crippen LogP contribution in [0.1, 0.15) is 43.4 Å². The number of benzene rings is 3. The van der Waals surface area contributed by atoms with Gasteiger partial charge < -0.3 is 25.4 Å². The molecule has 19 heteroatoms. The number of aliphatic carboxylic acids is 1. The molecule has 0 saturated heterocycles. The number of fused-ring (bicyclic) bond motifs is 2. The highest BCUT2D eigenvalue weighted by atomic mass is 35.5. The first-order valence-corrected chi connectivity index (χ1v) is 19.9. The highest BCUT2D eigenvalue weighted by Crippen LogP contribution is 2.34. The Morgan fingerprint density at radius 1 is 1.09 bits per heavy atom. The summed E-state index contributed by atoms with van der Waals surface area (Å²) in [4.78, 5) is 51.8. The molecule has 0 saturated carbocycles. The average molecular weight is 791 g/mol. The van der Waals surface area contributed by atoms with E-state index in [1.165, 1.54) is 4.90 Å². The number of nitrogens with one attached hydrogen (secondary N) is 4. The van der Waals surface area contributed by atoms with Gasteiger partial charge in [0.1, 0.15) is 21.9 Å². The van der Waals surface area contributed by atoms with Crippen molar-refractivity contribution in [1.29, 1.82) is 0 Å². The van der Waals surface area contributed by atoms with E-state index in [0.717, 1.165) is 28.8 Å². The van der Waals surface area contributed by atoms with Gasteiger partial charge in [0.2, 0.25) is 31.9 Å². The van der Waals surface area contributed by atoms with E-state index in [9.17, 15) is 41.1 Å². The summed E-state index contributed by atoms with van der Waals surface area (Å²) in [5.41, 5.74) is 2.94. The number of amides is 2. The molecule has 284 valence electrons. The fraction of sp³-hybridized carbons (Fsp3) is 0.353. The Morgan fingerprint density at radius 3 is 2.42 bits per heavy atom. The van der Waals surface area contributed by atoms with Crippen LogP contribution in [0.15, 0.2) is 70.5 Å². The van der Waals surface area contributed by atoms with Crippen molar-refractivity contribution >= 4 is 66.8 Å². The second-order valence-corrected chi connectivity index (χ2v) is 16.2. The maximum absolute atomic E-state index is 13.6. The number of hydrogen-bond donors (Lipinski definition) is 6. The summed E-state index contributed by atoms with van der Waals surface area (Å²) in [5.74, 6) is -2.67. The molecule has 2 heterocycles. The third-order valence-electron chi connectivity index (χ3n) is 8.82. The predicted molar refractivity (Wildman–Crippen MR) is 194 cm³/mol. The van der Waals surface area contributed by atoms with Crippen molar-refractivity contribution in [3.8, 4) is 0 Å². The van der Waals surface area contributed by atoms with Crippen molar-refractivity contribution in [3.63, 3.8) is 0 Å². The number of carbonyl (C=O) groups excluding carboxylic acids is 3. The number of esters is 1. The number of nitrogens with two attached hydrogens (primary N) is 1. The van der Waals surface area contributed by atoms with E-state index in [1.54, 1.807) is 38.1 Å². The number of carboxylic acid groups (broad SMARTS) is 1. The van der Waals surface area contributed by atoms with E-state index in [0.29, 0.717) is 12.1 Å². The quantitative estimate of drug-likeness (QED) is 0.136. The van der Waals surface area contributed by atoms with Gasteiger partial charge in [0.15, 0.2) is 0 Å². The summed E-state index contributed by atoms with van der Waals surface area (Å²) in [6.45, 7) is 3.50. The molecule has 0 spiro atoms. The fourth-order valence-corrected chi connectivity index (χ4v) is 8.72. The second kappa shape index (κ2) is 16.2. The summed E-state index contributed by atoms with van der Waals surface area (Å²) in [6, 6.07) is 13.2. The number of anilines is 2. The van der Waals surface area contributed by atoms with Crippen LogP contribution < -0.4 is 25.8 Å². The summed E-state index contributed by atoms with van der Waals surface area (Å²) in [6.07, 6.45) is -0.622. The van der Waals surface area contributed by atoms with Gasteiger partial charge in [-0.25, -0.2) is 26.8 Å². The van der Waals surface area contributed by atoms with Crippen LogP contribution in [-0.4, -0.2) is 81.5 Å². The summed E-state index contributed by atoms with van der Waals surface area (Å²) < 4.78 is 56.8.